The van der Waals surface area contributed by atoms with Crippen molar-refractivity contribution in [3.05, 3.63) is 82.7 Å². The zero-order chi connectivity index (χ0) is 23.4. The first-order chi connectivity index (χ1) is 15.9. The van der Waals surface area contributed by atoms with Gasteiger partial charge in [-0.1, -0.05) is 29.8 Å². The summed E-state index contributed by atoms with van der Waals surface area (Å²) in [6, 6.07) is 15.5. The van der Waals surface area contributed by atoms with Gasteiger partial charge in [0, 0.05) is 25.3 Å². The number of nitrogens with zero attached hydrogens (tertiary/aromatic N) is 3. The normalized spacial score (nSPS) is 15.5. The Hall–Kier alpha value is -3.45. The van der Waals surface area contributed by atoms with E-state index in [0.717, 1.165) is 25.9 Å². The molecule has 2 heterocycles. The van der Waals surface area contributed by atoms with E-state index in [9.17, 15) is 14.7 Å². The number of carboxylic acid groups (broad SMARTS) is 1. The zero-order valence-corrected chi connectivity index (χ0v) is 19.0. The second-order valence-corrected chi connectivity index (χ2v) is 8.53. The molecule has 1 amide bonds. The summed E-state index contributed by atoms with van der Waals surface area (Å²) in [6.45, 7) is 5.72. The van der Waals surface area contributed by atoms with E-state index in [1.54, 1.807) is 35.9 Å². The number of benzene rings is 2. The molecule has 1 atom stereocenters. The number of rotatable bonds is 8. The van der Waals surface area contributed by atoms with Crippen LogP contribution in [0.1, 0.15) is 50.4 Å². The lowest BCUT2D eigenvalue weighted by molar-refractivity contribution is 0.0528. The van der Waals surface area contributed by atoms with Gasteiger partial charge in [0.15, 0.2) is 0 Å². The molecule has 1 N–H and O–H groups in total. The van der Waals surface area contributed by atoms with Crippen molar-refractivity contribution in [3.8, 4) is 5.69 Å². The summed E-state index contributed by atoms with van der Waals surface area (Å²) >= 11 is 0. The highest BCUT2D eigenvalue weighted by Crippen LogP contribution is 2.19. The maximum absolute atomic E-state index is 13.4. The minimum Gasteiger partial charge on any atom is -0.478 e. The number of carboxylic acids is 1. The van der Waals surface area contributed by atoms with Gasteiger partial charge in [-0.15, -0.1) is 0 Å². The summed E-state index contributed by atoms with van der Waals surface area (Å²) in [7, 11) is 0. The van der Waals surface area contributed by atoms with E-state index in [4.69, 9.17) is 4.74 Å². The summed E-state index contributed by atoms with van der Waals surface area (Å²) in [4.78, 5) is 26.6. The lowest BCUT2D eigenvalue weighted by atomic mass is 10.1. The van der Waals surface area contributed by atoms with Crippen LogP contribution in [0.4, 0.5) is 0 Å². The second kappa shape index (κ2) is 10.0. The van der Waals surface area contributed by atoms with Crippen molar-refractivity contribution in [2.45, 2.75) is 39.2 Å². The van der Waals surface area contributed by atoms with Crippen LogP contribution < -0.4 is 0 Å². The fourth-order valence-electron chi connectivity index (χ4n) is 4.14. The highest BCUT2D eigenvalue weighted by molar-refractivity contribution is 5.94. The van der Waals surface area contributed by atoms with E-state index in [0.29, 0.717) is 30.0 Å². The predicted molar refractivity (Wildman–Crippen MR) is 125 cm³/mol. The van der Waals surface area contributed by atoms with E-state index in [2.05, 4.69) is 36.3 Å². The van der Waals surface area contributed by atoms with Gasteiger partial charge in [-0.05, 0) is 62.9 Å². The average Bonchev–Trinajstić information content (AvgIpc) is 3.47. The number of carbonyl (C=O) groups excluding carboxylic acids is 1. The van der Waals surface area contributed by atoms with Crippen molar-refractivity contribution in [2.24, 2.45) is 0 Å². The second-order valence-electron chi connectivity index (χ2n) is 8.53. The molecule has 7 nitrogen and oxygen atoms in total. The van der Waals surface area contributed by atoms with Gasteiger partial charge in [-0.25, -0.2) is 9.48 Å². The van der Waals surface area contributed by atoms with E-state index in [1.165, 1.54) is 17.3 Å². The van der Waals surface area contributed by atoms with Gasteiger partial charge >= 0.3 is 5.97 Å². The van der Waals surface area contributed by atoms with E-state index < -0.39 is 5.97 Å². The van der Waals surface area contributed by atoms with Crippen LogP contribution in [0.15, 0.2) is 54.7 Å². The number of carbonyl (C=O) groups is 2. The third-order valence-corrected chi connectivity index (χ3v) is 6.13. The van der Waals surface area contributed by atoms with Crippen molar-refractivity contribution in [1.82, 2.24) is 14.7 Å². The van der Waals surface area contributed by atoms with Crippen LogP contribution in [-0.2, 0) is 11.2 Å². The van der Waals surface area contributed by atoms with E-state index in [-0.39, 0.29) is 17.6 Å². The van der Waals surface area contributed by atoms with Crippen LogP contribution in [0.5, 0.6) is 0 Å². The van der Waals surface area contributed by atoms with Crippen LogP contribution in [0, 0.1) is 13.8 Å². The molecule has 1 aromatic heterocycles. The monoisotopic (exact) mass is 447 g/mol. The van der Waals surface area contributed by atoms with Crippen LogP contribution in [0.2, 0.25) is 0 Å². The first kappa shape index (κ1) is 22.7. The number of ether oxygens (including phenoxy) is 1. The highest BCUT2D eigenvalue weighted by Gasteiger charge is 2.23. The maximum atomic E-state index is 13.4. The van der Waals surface area contributed by atoms with Gasteiger partial charge in [0.05, 0.1) is 23.7 Å². The Labute approximate surface area is 193 Å². The maximum Gasteiger partial charge on any atom is 0.339 e. The molecule has 0 saturated carbocycles. The Kier molecular flexibility index (Phi) is 6.89. The Morgan fingerprint density at radius 2 is 1.85 bits per heavy atom. The quantitative estimate of drug-likeness (QED) is 0.563. The molecule has 0 aliphatic carbocycles. The van der Waals surface area contributed by atoms with Crippen LogP contribution in [0.3, 0.4) is 0 Å². The van der Waals surface area contributed by atoms with Gasteiger partial charge in [-0.2, -0.15) is 5.10 Å². The fourth-order valence-corrected chi connectivity index (χ4v) is 4.14. The number of aryl methyl sites for hydroxylation is 1. The largest absolute Gasteiger partial charge is 0.478 e. The lowest BCUT2D eigenvalue weighted by Crippen LogP contribution is -2.38. The summed E-state index contributed by atoms with van der Waals surface area (Å²) in [5, 5.41) is 13.4. The molecule has 2 aromatic carbocycles. The Morgan fingerprint density at radius 3 is 2.45 bits per heavy atom. The van der Waals surface area contributed by atoms with Gasteiger partial charge in [0.1, 0.15) is 5.56 Å². The molecule has 1 aliphatic rings. The Balaban J connectivity index is 1.50. The summed E-state index contributed by atoms with van der Waals surface area (Å²) < 4.78 is 7.36. The van der Waals surface area contributed by atoms with Crippen molar-refractivity contribution in [2.75, 3.05) is 19.7 Å². The number of aromatic nitrogens is 2. The van der Waals surface area contributed by atoms with E-state index in [1.807, 2.05) is 4.90 Å². The van der Waals surface area contributed by atoms with Crippen molar-refractivity contribution >= 4 is 11.9 Å². The molecule has 7 heteroatoms. The molecule has 1 fully saturated rings. The van der Waals surface area contributed by atoms with Gasteiger partial charge in [0.25, 0.3) is 5.91 Å². The Morgan fingerprint density at radius 1 is 1.12 bits per heavy atom. The SMILES string of the molecule is Cc1ccc(CCN(CC2CCCO2)C(=O)c2ccc(-n3ncc(C(=O)O)c3C)cc2)cc1. The highest BCUT2D eigenvalue weighted by atomic mass is 16.5. The smallest absolute Gasteiger partial charge is 0.339 e. The average molecular weight is 448 g/mol. The molecule has 1 saturated heterocycles. The first-order valence-corrected chi connectivity index (χ1v) is 11.3. The fraction of sp³-hybridized carbons (Fsp3) is 0.346. The molecular weight excluding hydrogens is 418 g/mol. The molecule has 172 valence electrons. The summed E-state index contributed by atoms with van der Waals surface area (Å²) in [5.74, 6) is -1.04. The minimum atomic E-state index is -1.01. The molecule has 0 radical (unpaired) electrons. The number of hydrogen-bond acceptors (Lipinski definition) is 4. The van der Waals surface area contributed by atoms with Gasteiger partial charge < -0.3 is 14.7 Å². The van der Waals surface area contributed by atoms with Crippen molar-refractivity contribution < 1.29 is 19.4 Å². The minimum absolute atomic E-state index is 0.0347. The van der Waals surface area contributed by atoms with Crippen molar-refractivity contribution in [3.63, 3.8) is 0 Å². The molecule has 3 aromatic rings. The molecule has 33 heavy (non-hydrogen) atoms. The molecular formula is C26H29N3O4. The summed E-state index contributed by atoms with van der Waals surface area (Å²) in [6.07, 6.45) is 4.19. The molecule has 1 aliphatic heterocycles. The van der Waals surface area contributed by atoms with Gasteiger partial charge in [-0.3, -0.25) is 4.79 Å². The summed E-state index contributed by atoms with van der Waals surface area (Å²) in [5.41, 5.74) is 4.41. The molecule has 1 unspecified atom stereocenters. The van der Waals surface area contributed by atoms with Crippen LogP contribution in [0.25, 0.3) is 5.69 Å². The third kappa shape index (κ3) is 5.31. The van der Waals surface area contributed by atoms with E-state index >= 15 is 0 Å². The molecule has 0 bridgehead atoms. The number of amides is 1. The number of hydrogen-bond donors (Lipinski definition) is 1. The topological polar surface area (TPSA) is 84.7 Å². The van der Waals surface area contributed by atoms with Crippen LogP contribution >= 0.6 is 0 Å². The third-order valence-electron chi connectivity index (χ3n) is 6.13. The predicted octanol–water partition coefficient (Wildman–Crippen LogP) is 4.05. The van der Waals surface area contributed by atoms with Crippen LogP contribution in [-0.4, -0.2) is 57.5 Å². The first-order valence-electron chi connectivity index (χ1n) is 11.3. The number of aromatic carboxylic acids is 1. The van der Waals surface area contributed by atoms with Crippen molar-refractivity contribution in [1.29, 1.82) is 0 Å². The lowest BCUT2D eigenvalue weighted by Gasteiger charge is -2.26. The standard InChI is InChI=1S/C26H29N3O4/c1-18-5-7-20(8-6-18)13-14-28(17-23-4-3-15-33-23)25(30)21-9-11-22(12-10-21)29-19(2)24(16-27-29)26(31)32/h5-12,16,23H,3-4,13-15,17H2,1-2H3,(H,31,32). The molecule has 4 rings (SSSR count). The van der Waals surface area contributed by atoms with Gasteiger partial charge in [0.2, 0.25) is 0 Å². The Bertz CT molecular complexity index is 1110. The zero-order valence-electron chi connectivity index (χ0n) is 19.0. The molecule has 0 spiro atoms.